The predicted octanol–water partition coefficient (Wildman–Crippen LogP) is 2.03. The topological polar surface area (TPSA) is 118 Å². The fourth-order valence-corrected chi connectivity index (χ4v) is 2.53. The highest BCUT2D eigenvalue weighted by Crippen LogP contribution is 2.29. The largest absolute Gasteiger partial charge is 0.478 e. The Balaban J connectivity index is 2.91. The number of carboxylic acid groups (broad SMARTS) is 1. The Labute approximate surface area is 132 Å². The van der Waals surface area contributed by atoms with Crippen LogP contribution in [0.4, 0.5) is 5.69 Å². The third kappa shape index (κ3) is 2.62. The molecule has 2 aromatic rings. The summed E-state index contributed by atoms with van der Waals surface area (Å²) in [5.74, 6) is -1.89. The lowest BCUT2D eigenvalue weighted by Crippen LogP contribution is -2.15. The number of aryl methyl sites for hydroxylation is 2. The number of methoxy groups -OCH3 is 1. The molecule has 7 nitrogen and oxygen atoms in total. The molecule has 0 spiro atoms. The van der Waals surface area contributed by atoms with Crippen molar-refractivity contribution in [2.45, 2.75) is 13.8 Å². The SMILES string of the molecule is COC(=O)c1c(N)c(C#N)cn1-c1c(C)cc(C)cc1C(=O)O. The molecular formula is C16H15N3O4. The van der Waals surface area contributed by atoms with Crippen LogP contribution in [0.2, 0.25) is 0 Å². The van der Waals surface area contributed by atoms with Gasteiger partial charge in [0.25, 0.3) is 0 Å². The van der Waals surface area contributed by atoms with E-state index in [1.807, 2.05) is 6.07 Å². The zero-order valence-electron chi connectivity index (χ0n) is 12.9. The molecule has 118 valence electrons. The van der Waals surface area contributed by atoms with Crippen molar-refractivity contribution in [1.82, 2.24) is 4.57 Å². The second kappa shape index (κ2) is 5.85. The fourth-order valence-electron chi connectivity index (χ4n) is 2.53. The highest BCUT2D eigenvalue weighted by Gasteiger charge is 2.25. The van der Waals surface area contributed by atoms with Crippen LogP contribution in [0.25, 0.3) is 5.69 Å². The minimum absolute atomic E-state index is 0.00661. The van der Waals surface area contributed by atoms with Gasteiger partial charge in [0.2, 0.25) is 0 Å². The summed E-state index contributed by atoms with van der Waals surface area (Å²) in [6.45, 7) is 3.49. The first-order valence-electron chi connectivity index (χ1n) is 6.66. The molecule has 1 aromatic heterocycles. The number of benzene rings is 1. The third-order valence-corrected chi connectivity index (χ3v) is 3.46. The molecule has 2 rings (SSSR count). The van der Waals surface area contributed by atoms with Gasteiger partial charge in [0.05, 0.1) is 29.6 Å². The van der Waals surface area contributed by atoms with Crippen molar-refractivity contribution in [2.75, 3.05) is 12.8 Å². The molecule has 23 heavy (non-hydrogen) atoms. The number of hydrogen-bond acceptors (Lipinski definition) is 5. The van der Waals surface area contributed by atoms with Gasteiger partial charge in [-0.05, 0) is 31.0 Å². The zero-order chi connectivity index (χ0) is 17.3. The average molecular weight is 313 g/mol. The van der Waals surface area contributed by atoms with Gasteiger partial charge in [-0.2, -0.15) is 5.26 Å². The van der Waals surface area contributed by atoms with Crippen molar-refractivity contribution >= 4 is 17.6 Å². The van der Waals surface area contributed by atoms with Crippen LogP contribution in [-0.4, -0.2) is 28.7 Å². The lowest BCUT2D eigenvalue weighted by atomic mass is 10.0. The van der Waals surface area contributed by atoms with Crippen molar-refractivity contribution in [3.63, 3.8) is 0 Å². The van der Waals surface area contributed by atoms with E-state index in [0.29, 0.717) is 5.56 Å². The number of ether oxygens (including phenoxy) is 1. The summed E-state index contributed by atoms with van der Waals surface area (Å²) in [6, 6.07) is 5.16. The number of aromatic carboxylic acids is 1. The summed E-state index contributed by atoms with van der Waals surface area (Å²) in [4.78, 5) is 23.6. The minimum atomic E-state index is -1.15. The molecule has 1 heterocycles. The Kier molecular flexibility index (Phi) is 4.10. The summed E-state index contributed by atoms with van der Waals surface area (Å²) < 4.78 is 6.01. The average Bonchev–Trinajstić information content (AvgIpc) is 2.82. The smallest absolute Gasteiger partial charge is 0.357 e. The van der Waals surface area contributed by atoms with E-state index in [1.165, 1.54) is 23.9 Å². The molecule has 7 heteroatoms. The van der Waals surface area contributed by atoms with Gasteiger partial charge in [-0.15, -0.1) is 0 Å². The number of nitrogens with two attached hydrogens (primary N) is 1. The van der Waals surface area contributed by atoms with E-state index in [4.69, 9.17) is 15.7 Å². The molecule has 0 fully saturated rings. The molecule has 0 saturated carbocycles. The summed E-state index contributed by atoms with van der Waals surface area (Å²) in [7, 11) is 1.19. The van der Waals surface area contributed by atoms with Crippen molar-refractivity contribution in [1.29, 1.82) is 5.26 Å². The molecule has 0 saturated heterocycles. The Hall–Kier alpha value is -3.27. The van der Waals surface area contributed by atoms with E-state index in [1.54, 1.807) is 19.9 Å². The number of carbonyl (C=O) groups is 2. The maximum Gasteiger partial charge on any atom is 0.357 e. The van der Waals surface area contributed by atoms with Crippen LogP contribution in [0.5, 0.6) is 0 Å². The molecule has 0 amide bonds. The maximum absolute atomic E-state index is 12.0. The monoisotopic (exact) mass is 313 g/mol. The van der Waals surface area contributed by atoms with Crippen LogP contribution in [0.1, 0.15) is 37.5 Å². The number of carbonyl (C=O) groups excluding carboxylic acids is 1. The van der Waals surface area contributed by atoms with E-state index in [2.05, 4.69) is 0 Å². The number of rotatable bonds is 3. The summed E-state index contributed by atoms with van der Waals surface area (Å²) >= 11 is 0. The standard InChI is InChI=1S/C16H15N3O4/c1-8-4-9(2)13(11(5-8)15(20)21)19-7-10(6-17)12(18)14(19)16(22)23-3/h4-5,7H,18H2,1-3H3,(H,20,21). The fraction of sp³-hybridized carbons (Fsp3) is 0.188. The van der Waals surface area contributed by atoms with E-state index in [-0.39, 0.29) is 28.2 Å². The molecular weight excluding hydrogens is 298 g/mol. The van der Waals surface area contributed by atoms with Gasteiger partial charge in [-0.1, -0.05) is 6.07 Å². The van der Waals surface area contributed by atoms with Crippen molar-refractivity contribution in [3.05, 3.63) is 46.3 Å². The number of aromatic nitrogens is 1. The molecule has 0 aliphatic carbocycles. The number of esters is 1. The molecule has 0 aliphatic heterocycles. The first-order valence-corrected chi connectivity index (χ1v) is 6.66. The Morgan fingerprint density at radius 1 is 1.35 bits per heavy atom. The quantitative estimate of drug-likeness (QED) is 0.837. The molecule has 0 unspecified atom stereocenters. The van der Waals surface area contributed by atoms with Crippen LogP contribution in [0.15, 0.2) is 18.3 Å². The van der Waals surface area contributed by atoms with Gasteiger partial charge < -0.3 is 20.1 Å². The van der Waals surface area contributed by atoms with Crippen molar-refractivity contribution in [2.24, 2.45) is 0 Å². The summed E-state index contributed by atoms with van der Waals surface area (Å²) in [5.41, 5.74) is 7.48. The van der Waals surface area contributed by atoms with E-state index >= 15 is 0 Å². The van der Waals surface area contributed by atoms with Crippen LogP contribution in [-0.2, 0) is 4.74 Å². The second-order valence-corrected chi connectivity index (χ2v) is 5.06. The van der Waals surface area contributed by atoms with Crippen LogP contribution in [0, 0.1) is 25.2 Å². The van der Waals surface area contributed by atoms with Gasteiger partial charge in [-0.3, -0.25) is 0 Å². The van der Waals surface area contributed by atoms with E-state index in [0.717, 1.165) is 5.56 Å². The number of nitrogens with zero attached hydrogens (tertiary/aromatic N) is 2. The summed E-state index contributed by atoms with van der Waals surface area (Å²) in [5, 5.41) is 18.6. The molecule has 0 radical (unpaired) electrons. The number of hydrogen-bond donors (Lipinski definition) is 2. The highest BCUT2D eigenvalue weighted by atomic mass is 16.5. The van der Waals surface area contributed by atoms with Crippen LogP contribution < -0.4 is 5.73 Å². The number of anilines is 1. The highest BCUT2D eigenvalue weighted by molar-refractivity contribution is 5.98. The minimum Gasteiger partial charge on any atom is -0.478 e. The lowest BCUT2D eigenvalue weighted by molar-refractivity contribution is 0.0591. The first-order chi connectivity index (χ1) is 10.8. The number of nitrogen functional groups attached to an aromatic ring is 1. The van der Waals surface area contributed by atoms with Crippen LogP contribution in [0.3, 0.4) is 0 Å². The van der Waals surface area contributed by atoms with Gasteiger partial charge >= 0.3 is 11.9 Å². The molecule has 0 bridgehead atoms. The Morgan fingerprint density at radius 2 is 2.00 bits per heavy atom. The van der Waals surface area contributed by atoms with Gasteiger partial charge in [-0.25, -0.2) is 9.59 Å². The molecule has 0 atom stereocenters. The summed E-state index contributed by atoms with van der Waals surface area (Å²) in [6.07, 6.45) is 1.34. The Morgan fingerprint density at radius 3 is 2.52 bits per heavy atom. The third-order valence-electron chi connectivity index (χ3n) is 3.46. The van der Waals surface area contributed by atoms with Gasteiger partial charge in [0.1, 0.15) is 6.07 Å². The number of nitriles is 1. The van der Waals surface area contributed by atoms with E-state index < -0.39 is 11.9 Å². The lowest BCUT2D eigenvalue weighted by Gasteiger charge is -2.15. The second-order valence-electron chi connectivity index (χ2n) is 5.06. The van der Waals surface area contributed by atoms with Crippen molar-refractivity contribution in [3.8, 4) is 11.8 Å². The van der Waals surface area contributed by atoms with Gasteiger partial charge in [0.15, 0.2) is 5.69 Å². The van der Waals surface area contributed by atoms with Crippen LogP contribution >= 0.6 is 0 Å². The molecule has 3 N–H and O–H groups in total. The first kappa shape index (κ1) is 16.1. The molecule has 1 aromatic carbocycles. The maximum atomic E-state index is 12.0. The van der Waals surface area contributed by atoms with E-state index in [9.17, 15) is 14.7 Å². The predicted molar refractivity (Wildman–Crippen MR) is 82.7 cm³/mol. The van der Waals surface area contributed by atoms with Gasteiger partial charge in [0, 0.05) is 6.20 Å². The normalized spacial score (nSPS) is 10.2. The Bertz CT molecular complexity index is 859. The zero-order valence-corrected chi connectivity index (χ0v) is 12.9. The number of carboxylic acids is 1. The van der Waals surface area contributed by atoms with Crippen molar-refractivity contribution < 1.29 is 19.4 Å². The molecule has 0 aliphatic rings.